The van der Waals surface area contributed by atoms with Gasteiger partial charge in [-0.3, -0.25) is 9.69 Å². The molecule has 0 aromatic heterocycles. The van der Waals surface area contributed by atoms with Crippen molar-refractivity contribution in [1.82, 2.24) is 9.80 Å². The minimum Gasteiger partial charge on any atom is -0.490 e. The molecule has 0 N–H and O–H groups in total. The first kappa shape index (κ1) is 25.4. The average molecular weight is 485 g/mol. The van der Waals surface area contributed by atoms with E-state index in [1.165, 1.54) is 12.1 Å². The monoisotopic (exact) mass is 484 g/mol. The topological polar surface area (TPSA) is 93.2 Å². The molecule has 2 atom stereocenters. The molecule has 3 rings (SSSR count). The summed E-state index contributed by atoms with van der Waals surface area (Å²) in [7, 11) is -3.49. The fourth-order valence-corrected chi connectivity index (χ4v) is 4.82. The third-order valence-corrected chi connectivity index (χ3v) is 7.03. The van der Waals surface area contributed by atoms with E-state index in [4.69, 9.17) is 9.47 Å². The van der Waals surface area contributed by atoms with Crippen molar-refractivity contribution in [3.63, 3.8) is 0 Å². The molecule has 0 spiro atoms. The van der Waals surface area contributed by atoms with Crippen LogP contribution in [0.3, 0.4) is 0 Å². The van der Waals surface area contributed by atoms with Gasteiger partial charge in [-0.05, 0) is 57.7 Å². The van der Waals surface area contributed by atoms with Crippen LogP contribution < -0.4 is 4.74 Å². The van der Waals surface area contributed by atoms with Gasteiger partial charge in [0.25, 0.3) is 0 Å². The molecular formula is C23H33FN2O6S. The van der Waals surface area contributed by atoms with Crippen LogP contribution in [0.25, 0.3) is 0 Å². The maximum atomic E-state index is 14.2. The number of carbonyl (C=O) groups is 2. The Morgan fingerprint density at radius 2 is 1.82 bits per heavy atom. The van der Waals surface area contributed by atoms with Crippen LogP contribution in [0.1, 0.15) is 40.0 Å². The van der Waals surface area contributed by atoms with Gasteiger partial charge in [0.15, 0.2) is 21.4 Å². The SMILES string of the molecule is CC(C)(C)OC(=O)N1CCN(C2CCC(COc3ccc(S(C)(=O)=O)cc3F)CC2=O)CC1. The number of Topliss-reactive ketones (excluding diaryl/α,β-unsaturated/α-hetero) is 1. The van der Waals surface area contributed by atoms with E-state index in [0.29, 0.717) is 39.0 Å². The fourth-order valence-electron chi connectivity index (χ4n) is 4.19. The molecule has 0 radical (unpaired) electrons. The van der Waals surface area contributed by atoms with E-state index in [1.807, 2.05) is 20.8 Å². The van der Waals surface area contributed by atoms with Crippen molar-refractivity contribution in [3.05, 3.63) is 24.0 Å². The van der Waals surface area contributed by atoms with Gasteiger partial charge >= 0.3 is 6.09 Å². The molecule has 8 nitrogen and oxygen atoms in total. The van der Waals surface area contributed by atoms with E-state index in [-0.39, 0.29) is 41.1 Å². The van der Waals surface area contributed by atoms with Crippen molar-refractivity contribution in [1.29, 1.82) is 0 Å². The Hall–Kier alpha value is -2.20. The van der Waals surface area contributed by atoms with Crippen molar-refractivity contribution < 1.29 is 31.9 Å². The summed E-state index contributed by atoms with van der Waals surface area (Å²) in [6.07, 6.45) is 2.50. The second kappa shape index (κ2) is 9.97. The van der Waals surface area contributed by atoms with Crippen LogP contribution in [-0.4, -0.2) is 80.8 Å². The number of rotatable bonds is 5. The molecule has 1 aliphatic carbocycles. The zero-order valence-corrected chi connectivity index (χ0v) is 20.5. The Kier molecular flexibility index (Phi) is 7.68. The minimum absolute atomic E-state index is 0.0183. The first-order valence-electron chi connectivity index (χ1n) is 11.2. The molecular weight excluding hydrogens is 451 g/mol. The zero-order valence-electron chi connectivity index (χ0n) is 19.7. The predicted octanol–water partition coefficient (Wildman–Crippen LogP) is 2.90. The largest absolute Gasteiger partial charge is 0.490 e. The van der Waals surface area contributed by atoms with Gasteiger partial charge in [0, 0.05) is 38.9 Å². The Morgan fingerprint density at radius 1 is 1.15 bits per heavy atom. The van der Waals surface area contributed by atoms with Crippen molar-refractivity contribution in [2.45, 2.75) is 56.6 Å². The molecule has 1 saturated heterocycles. The van der Waals surface area contributed by atoms with Crippen LogP contribution in [0.15, 0.2) is 23.1 Å². The molecule has 1 aromatic rings. The van der Waals surface area contributed by atoms with Crippen molar-refractivity contribution in [2.75, 3.05) is 39.0 Å². The smallest absolute Gasteiger partial charge is 0.410 e. The molecule has 1 aliphatic heterocycles. The minimum atomic E-state index is -3.49. The zero-order chi connectivity index (χ0) is 24.4. The molecule has 2 fully saturated rings. The number of sulfone groups is 1. The van der Waals surface area contributed by atoms with E-state index < -0.39 is 21.3 Å². The van der Waals surface area contributed by atoms with Gasteiger partial charge in [0.05, 0.1) is 17.5 Å². The van der Waals surface area contributed by atoms with Crippen LogP contribution in [0.4, 0.5) is 9.18 Å². The second-order valence-corrected chi connectivity index (χ2v) is 11.8. The van der Waals surface area contributed by atoms with Gasteiger partial charge in [0.2, 0.25) is 0 Å². The van der Waals surface area contributed by atoms with Gasteiger partial charge in [-0.15, -0.1) is 0 Å². The third-order valence-electron chi connectivity index (χ3n) is 5.92. The molecule has 1 amide bonds. The van der Waals surface area contributed by atoms with Crippen LogP contribution >= 0.6 is 0 Å². The summed E-state index contributed by atoms with van der Waals surface area (Å²) in [6, 6.07) is 3.40. The molecule has 2 unspecified atom stereocenters. The molecule has 1 aromatic carbocycles. The summed E-state index contributed by atoms with van der Waals surface area (Å²) >= 11 is 0. The summed E-state index contributed by atoms with van der Waals surface area (Å²) in [6.45, 7) is 7.98. The summed E-state index contributed by atoms with van der Waals surface area (Å²) in [5.41, 5.74) is -0.538. The van der Waals surface area contributed by atoms with Gasteiger partial charge in [-0.25, -0.2) is 17.6 Å². The molecule has 184 valence electrons. The highest BCUT2D eigenvalue weighted by molar-refractivity contribution is 7.90. The van der Waals surface area contributed by atoms with Crippen molar-refractivity contribution in [2.24, 2.45) is 5.92 Å². The van der Waals surface area contributed by atoms with Crippen LogP contribution in [0.2, 0.25) is 0 Å². The van der Waals surface area contributed by atoms with E-state index in [9.17, 15) is 22.4 Å². The third kappa shape index (κ3) is 6.89. The van der Waals surface area contributed by atoms with Crippen LogP contribution in [0.5, 0.6) is 5.75 Å². The number of ether oxygens (including phenoxy) is 2. The summed E-state index contributed by atoms with van der Waals surface area (Å²) < 4.78 is 48.2. The van der Waals surface area contributed by atoms with E-state index in [0.717, 1.165) is 18.7 Å². The number of amides is 1. The lowest BCUT2D eigenvalue weighted by Crippen LogP contribution is -2.55. The first-order chi connectivity index (χ1) is 15.3. The van der Waals surface area contributed by atoms with Crippen LogP contribution in [-0.2, 0) is 19.4 Å². The number of hydrogen-bond donors (Lipinski definition) is 0. The number of carbonyl (C=O) groups excluding carboxylic acids is 2. The Bertz CT molecular complexity index is 983. The highest BCUT2D eigenvalue weighted by atomic mass is 32.2. The summed E-state index contributed by atoms with van der Waals surface area (Å²) in [5, 5.41) is 0. The number of nitrogens with zero attached hydrogens (tertiary/aromatic N) is 2. The van der Waals surface area contributed by atoms with Gasteiger partial charge in [0.1, 0.15) is 11.4 Å². The maximum Gasteiger partial charge on any atom is 0.410 e. The van der Waals surface area contributed by atoms with Crippen molar-refractivity contribution >= 4 is 21.7 Å². The first-order valence-corrected chi connectivity index (χ1v) is 13.1. The number of hydrogen-bond acceptors (Lipinski definition) is 7. The fraction of sp³-hybridized carbons (Fsp3) is 0.652. The summed E-state index contributed by atoms with van der Waals surface area (Å²) in [4.78, 5) is 28.7. The number of halogens is 1. The van der Waals surface area contributed by atoms with E-state index in [2.05, 4.69) is 4.90 Å². The number of ketones is 1. The number of benzene rings is 1. The van der Waals surface area contributed by atoms with E-state index in [1.54, 1.807) is 4.90 Å². The molecule has 2 aliphatic rings. The average Bonchev–Trinajstić information content (AvgIpc) is 2.71. The molecule has 10 heteroatoms. The highest BCUT2D eigenvalue weighted by Gasteiger charge is 2.35. The standard InChI is InChI=1S/C23H33FN2O6S/c1-23(2,3)32-22(28)26-11-9-25(10-12-26)19-7-5-16(13-20(19)27)15-31-21-8-6-17(14-18(21)24)33(4,29)30/h6,8,14,16,19H,5,7,9-13,15H2,1-4H3. The molecule has 0 bridgehead atoms. The van der Waals surface area contributed by atoms with Crippen LogP contribution in [0, 0.1) is 11.7 Å². The van der Waals surface area contributed by atoms with Gasteiger partial charge < -0.3 is 14.4 Å². The lowest BCUT2D eigenvalue weighted by Gasteiger charge is -2.41. The summed E-state index contributed by atoms with van der Waals surface area (Å²) in [5.74, 6) is -0.643. The van der Waals surface area contributed by atoms with Gasteiger partial charge in [-0.1, -0.05) is 0 Å². The lowest BCUT2D eigenvalue weighted by molar-refractivity contribution is -0.128. The highest BCUT2D eigenvalue weighted by Crippen LogP contribution is 2.28. The number of piperazine rings is 1. The molecule has 1 heterocycles. The Labute approximate surface area is 194 Å². The second-order valence-electron chi connectivity index (χ2n) is 9.81. The predicted molar refractivity (Wildman–Crippen MR) is 121 cm³/mol. The maximum absolute atomic E-state index is 14.2. The lowest BCUT2D eigenvalue weighted by atomic mass is 9.84. The molecule has 33 heavy (non-hydrogen) atoms. The Balaban J connectivity index is 1.47. The van der Waals surface area contributed by atoms with Gasteiger partial charge in [-0.2, -0.15) is 0 Å². The Morgan fingerprint density at radius 3 is 2.36 bits per heavy atom. The van der Waals surface area contributed by atoms with Crippen molar-refractivity contribution in [3.8, 4) is 5.75 Å². The van der Waals surface area contributed by atoms with E-state index >= 15 is 0 Å². The quantitative estimate of drug-likeness (QED) is 0.634. The normalized spacial score (nSPS) is 22.8. The molecule has 1 saturated carbocycles.